The highest BCUT2D eigenvalue weighted by atomic mass is 35.5. The van der Waals surface area contributed by atoms with Crippen LogP contribution >= 0.6 is 12.4 Å². The second-order valence-electron chi connectivity index (χ2n) is 2.69. The minimum atomic E-state index is 0. The van der Waals surface area contributed by atoms with Gasteiger partial charge < -0.3 is 10.8 Å². The largest absolute Gasteiger partial charge is 0.392 e. The van der Waals surface area contributed by atoms with Gasteiger partial charge in [0.15, 0.2) is 0 Å². The molecule has 0 heterocycles. The van der Waals surface area contributed by atoms with Crippen LogP contribution in [0.1, 0.15) is 24.1 Å². The Morgan fingerprint density at radius 1 is 1.33 bits per heavy atom. The fraction of sp³-hybridized carbons (Fsp3) is 0.333. The quantitative estimate of drug-likeness (QED) is 0.739. The SMILES string of the molecule is C[C@H](N)c1ccc(CO)cc1.Cl. The Kier molecular flexibility index (Phi) is 4.90. The molecular weight excluding hydrogens is 174 g/mol. The smallest absolute Gasteiger partial charge is 0.0681 e. The Morgan fingerprint density at radius 2 is 1.83 bits per heavy atom. The standard InChI is InChI=1S/C9H13NO.ClH/c1-7(10)9-4-2-8(6-11)3-5-9;/h2-5,7,11H,6,10H2,1H3;1H/t7-;/m0./s1. The van der Waals surface area contributed by atoms with Crippen molar-refractivity contribution >= 4 is 12.4 Å². The summed E-state index contributed by atoms with van der Waals surface area (Å²) >= 11 is 0. The van der Waals surface area contributed by atoms with Crippen LogP contribution in [0.15, 0.2) is 24.3 Å². The van der Waals surface area contributed by atoms with Gasteiger partial charge in [-0.05, 0) is 18.1 Å². The molecule has 0 bridgehead atoms. The minimum Gasteiger partial charge on any atom is -0.392 e. The normalized spacial score (nSPS) is 11.9. The van der Waals surface area contributed by atoms with Crippen molar-refractivity contribution in [1.29, 1.82) is 0 Å². The summed E-state index contributed by atoms with van der Waals surface area (Å²) in [6.07, 6.45) is 0. The number of hydrogen-bond acceptors (Lipinski definition) is 2. The molecule has 0 aliphatic heterocycles. The zero-order chi connectivity index (χ0) is 8.27. The van der Waals surface area contributed by atoms with E-state index in [0.29, 0.717) is 0 Å². The molecule has 68 valence electrons. The van der Waals surface area contributed by atoms with Crippen LogP contribution < -0.4 is 5.73 Å². The number of nitrogens with two attached hydrogens (primary N) is 1. The molecule has 1 aromatic carbocycles. The molecule has 0 unspecified atom stereocenters. The average Bonchev–Trinajstić information content (AvgIpc) is 2.05. The first kappa shape index (κ1) is 11.4. The van der Waals surface area contributed by atoms with E-state index in [4.69, 9.17) is 10.8 Å². The van der Waals surface area contributed by atoms with E-state index in [1.165, 1.54) is 0 Å². The highest BCUT2D eigenvalue weighted by molar-refractivity contribution is 5.85. The van der Waals surface area contributed by atoms with Crippen molar-refractivity contribution < 1.29 is 5.11 Å². The Balaban J connectivity index is 0.00000121. The molecule has 0 spiro atoms. The van der Waals surface area contributed by atoms with Gasteiger partial charge >= 0.3 is 0 Å². The molecule has 1 rings (SSSR count). The molecule has 0 aliphatic rings. The van der Waals surface area contributed by atoms with Crippen LogP contribution in [0, 0.1) is 0 Å². The summed E-state index contributed by atoms with van der Waals surface area (Å²) in [7, 11) is 0. The van der Waals surface area contributed by atoms with Crippen molar-refractivity contribution in [2.75, 3.05) is 0 Å². The molecule has 2 nitrogen and oxygen atoms in total. The van der Waals surface area contributed by atoms with E-state index >= 15 is 0 Å². The third-order valence-electron chi connectivity index (χ3n) is 1.69. The summed E-state index contributed by atoms with van der Waals surface area (Å²) in [5.74, 6) is 0. The third kappa shape index (κ3) is 2.81. The molecule has 3 heteroatoms. The molecule has 0 radical (unpaired) electrons. The lowest BCUT2D eigenvalue weighted by Gasteiger charge is -2.04. The van der Waals surface area contributed by atoms with E-state index in [1.54, 1.807) is 0 Å². The zero-order valence-electron chi connectivity index (χ0n) is 7.03. The second-order valence-corrected chi connectivity index (χ2v) is 2.69. The average molecular weight is 188 g/mol. The molecule has 0 aromatic heterocycles. The molecule has 12 heavy (non-hydrogen) atoms. The maximum absolute atomic E-state index is 8.74. The third-order valence-corrected chi connectivity index (χ3v) is 1.69. The fourth-order valence-electron chi connectivity index (χ4n) is 0.927. The molecule has 0 fully saturated rings. The lowest BCUT2D eigenvalue weighted by atomic mass is 10.1. The van der Waals surface area contributed by atoms with Crippen LogP contribution in [-0.2, 0) is 6.61 Å². The summed E-state index contributed by atoms with van der Waals surface area (Å²) < 4.78 is 0. The maximum atomic E-state index is 8.74. The van der Waals surface area contributed by atoms with E-state index < -0.39 is 0 Å². The van der Waals surface area contributed by atoms with Crippen LogP contribution in [0.5, 0.6) is 0 Å². The Hall–Kier alpha value is -0.570. The van der Waals surface area contributed by atoms with Gasteiger partial charge in [0, 0.05) is 6.04 Å². The van der Waals surface area contributed by atoms with Crippen molar-refractivity contribution in [3.63, 3.8) is 0 Å². The summed E-state index contributed by atoms with van der Waals surface area (Å²) in [4.78, 5) is 0. The van der Waals surface area contributed by atoms with Gasteiger partial charge in [0.1, 0.15) is 0 Å². The summed E-state index contributed by atoms with van der Waals surface area (Å²) in [6, 6.07) is 7.73. The predicted molar refractivity (Wildman–Crippen MR) is 52.2 cm³/mol. The molecule has 1 atom stereocenters. The van der Waals surface area contributed by atoms with Crippen molar-refractivity contribution in [3.05, 3.63) is 35.4 Å². The number of benzene rings is 1. The first-order valence-corrected chi connectivity index (χ1v) is 3.69. The topological polar surface area (TPSA) is 46.2 Å². The molecule has 0 amide bonds. The van der Waals surface area contributed by atoms with E-state index in [0.717, 1.165) is 11.1 Å². The van der Waals surface area contributed by atoms with Crippen LogP contribution in [0.4, 0.5) is 0 Å². The maximum Gasteiger partial charge on any atom is 0.0681 e. The highest BCUT2D eigenvalue weighted by Crippen LogP contribution is 2.10. The van der Waals surface area contributed by atoms with Crippen LogP contribution in [-0.4, -0.2) is 5.11 Å². The van der Waals surface area contributed by atoms with Crippen LogP contribution in [0.3, 0.4) is 0 Å². The Bertz CT molecular complexity index is 220. The van der Waals surface area contributed by atoms with Crippen molar-refractivity contribution in [3.8, 4) is 0 Å². The minimum absolute atomic E-state index is 0. The number of halogens is 1. The summed E-state index contributed by atoms with van der Waals surface area (Å²) in [6.45, 7) is 2.03. The Labute approximate surface area is 78.8 Å². The van der Waals surface area contributed by atoms with Gasteiger partial charge in [0.05, 0.1) is 6.61 Å². The first-order chi connectivity index (χ1) is 5.24. The van der Waals surface area contributed by atoms with E-state index in [-0.39, 0.29) is 25.1 Å². The van der Waals surface area contributed by atoms with Gasteiger partial charge in [-0.25, -0.2) is 0 Å². The fourth-order valence-corrected chi connectivity index (χ4v) is 0.927. The predicted octanol–water partition coefficient (Wildman–Crippen LogP) is 1.62. The first-order valence-electron chi connectivity index (χ1n) is 3.69. The lowest BCUT2D eigenvalue weighted by Crippen LogP contribution is -2.04. The molecule has 0 saturated heterocycles. The Morgan fingerprint density at radius 3 is 2.17 bits per heavy atom. The van der Waals surface area contributed by atoms with Gasteiger partial charge in [0.2, 0.25) is 0 Å². The number of aliphatic hydroxyl groups excluding tert-OH is 1. The van der Waals surface area contributed by atoms with E-state index in [2.05, 4.69) is 0 Å². The lowest BCUT2D eigenvalue weighted by molar-refractivity contribution is 0.282. The van der Waals surface area contributed by atoms with Crippen molar-refractivity contribution in [2.45, 2.75) is 19.6 Å². The van der Waals surface area contributed by atoms with E-state index in [1.807, 2.05) is 31.2 Å². The highest BCUT2D eigenvalue weighted by Gasteiger charge is 1.97. The number of hydrogen-bond donors (Lipinski definition) is 2. The van der Waals surface area contributed by atoms with Gasteiger partial charge in [-0.15, -0.1) is 12.4 Å². The van der Waals surface area contributed by atoms with Gasteiger partial charge in [-0.2, -0.15) is 0 Å². The molecule has 0 saturated carbocycles. The number of rotatable bonds is 2. The molecular formula is C9H14ClNO. The monoisotopic (exact) mass is 187 g/mol. The zero-order valence-corrected chi connectivity index (χ0v) is 7.84. The van der Waals surface area contributed by atoms with Crippen molar-refractivity contribution in [1.82, 2.24) is 0 Å². The van der Waals surface area contributed by atoms with Crippen LogP contribution in [0.25, 0.3) is 0 Å². The molecule has 3 N–H and O–H groups in total. The van der Waals surface area contributed by atoms with Crippen molar-refractivity contribution in [2.24, 2.45) is 5.73 Å². The second kappa shape index (κ2) is 5.14. The van der Waals surface area contributed by atoms with Gasteiger partial charge in [-0.1, -0.05) is 24.3 Å². The molecule has 0 aliphatic carbocycles. The van der Waals surface area contributed by atoms with Gasteiger partial charge in [0.25, 0.3) is 0 Å². The number of aliphatic hydroxyl groups is 1. The van der Waals surface area contributed by atoms with E-state index in [9.17, 15) is 0 Å². The molecule has 1 aromatic rings. The van der Waals surface area contributed by atoms with Gasteiger partial charge in [-0.3, -0.25) is 0 Å². The summed E-state index contributed by atoms with van der Waals surface area (Å²) in [5, 5.41) is 8.74. The summed E-state index contributed by atoms with van der Waals surface area (Å²) in [5.41, 5.74) is 7.67. The van der Waals surface area contributed by atoms with Crippen LogP contribution in [0.2, 0.25) is 0 Å².